The number of amides is 1. The highest BCUT2D eigenvalue weighted by Crippen LogP contribution is 2.23. The van der Waals surface area contributed by atoms with Gasteiger partial charge in [-0.1, -0.05) is 45.0 Å². The summed E-state index contributed by atoms with van der Waals surface area (Å²) in [5.41, 5.74) is 2.49. The van der Waals surface area contributed by atoms with E-state index in [1.54, 1.807) is 0 Å². The Hall–Kier alpha value is -1.35. The summed E-state index contributed by atoms with van der Waals surface area (Å²) < 4.78 is 5.46. The van der Waals surface area contributed by atoms with E-state index in [2.05, 4.69) is 50.4 Å². The van der Waals surface area contributed by atoms with Crippen LogP contribution in [0.2, 0.25) is 0 Å². The van der Waals surface area contributed by atoms with E-state index in [0.717, 1.165) is 19.3 Å². The number of ether oxygens (including phenoxy) is 1. The largest absolute Gasteiger partial charge is 0.368 e. The van der Waals surface area contributed by atoms with Crippen molar-refractivity contribution in [2.24, 2.45) is 5.92 Å². The molecule has 0 aliphatic carbocycles. The van der Waals surface area contributed by atoms with Gasteiger partial charge in [-0.2, -0.15) is 0 Å². The first-order chi connectivity index (χ1) is 9.61. The number of carbonyl (C=O) groups is 1. The molecule has 1 aromatic carbocycles. The fourth-order valence-corrected chi connectivity index (χ4v) is 2.63. The molecule has 1 amide bonds. The minimum absolute atomic E-state index is 0.0285. The molecule has 0 radical (unpaired) electrons. The zero-order valence-electron chi connectivity index (χ0n) is 12.7. The third-order valence-electron chi connectivity index (χ3n) is 3.93. The van der Waals surface area contributed by atoms with Crippen LogP contribution in [-0.4, -0.2) is 18.6 Å². The molecule has 2 unspecified atom stereocenters. The number of rotatable bonds is 5. The Morgan fingerprint density at radius 3 is 2.55 bits per heavy atom. The summed E-state index contributed by atoms with van der Waals surface area (Å²) in [5, 5.41) is 3.15. The zero-order valence-corrected chi connectivity index (χ0v) is 12.7. The second-order valence-corrected chi connectivity index (χ2v) is 5.83. The Morgan fingerprint density at radius 2 is 2.05 bits per heavy atom. The lowest BCUT2D eigenvalue weighted by Gasteiger charge is -2.24. The number of carbonyl (C=O) groups excluding carboxylic acids is 1. The molecule has 1 fully saturated rings. The minimum Gasteiger partial charge on any atom is -0.368 e. The second kappa shape index (κ2) is 6.89. The summed E-state index contributed by atoms with van der Waals surface area (Å²) in [6.45, 7) is 7.12. The van der Waals surface area contributed by atoms with Gasteiger partial charge in [-0.15, -0.1) is 0 Å². The molecule has 110 valence electrons. The summed E-state index contributed by atoms with van der Waals surface area (Å²) >= 11 is 0. The van der Waals surface area contributed by atoms with Gasteiger partial charge in [0.2, 0.25) is 5.91 Å². The van der Waals surface area contributed by atoms with E-state index in [-0.39, 0.29) is 18.1 Å². The lowest BCUT2D eigenvalue weighted by Crippen LogP contribution is -2.38. The van der Waals surface area contributed by atoms with Crippen LogP contribution < -0.4 is 5.32 Å². The van der Waals surface area contributed by atoms with Gasteiger partial charge >= 0.3 is 0 Å². The van der Waals surface area contributed by atoms with Crippen molar-refractivity contribution in [1.82, 2.24) is 5.32 Å². The molecule has 0 spiro atoms. The molecular formula is C17H25NO2. The average Bonchev–Trinajstić information content (AvgIpc) is 2.98. The Morgan fingerprint density at radius 1 is 1.35 bits per heavy atom. The van der Waals surface area contributed by atoms with Crippen LogP contribution in [0.3, 0.4) is 0 Å². The highest BCUT2D eigenvalue weighted by atomic mass is 16.5. The SMILES string of the molecule is CCc1ccc(C(NC(=O)C2CCCO2)C(C)C)cc1. The molecular weight excluding hydrogens is 250 g/mol. The van der Waals surface area contributed by atoms with Crippen LogP contribution in [0.1, 0.15) is 50.8 Å². The lowest BCUT2D eigenvalue weighted by atomic mass is 9.94. The smallest absolute Gasteiger partial charge is 0.249 e. The first kappa shape index (κ1) is 15.0. The van der Waals surface area contributed by atoms with Gasteiger partial charge in [-0.05, 0) is 36.3 Å². The Bertz CT molecular complexity index is 433. The predicted molar refractivity (Wildman–Crippen MR) is 80.5 cm³/mol. The molecule has 2 rings (SSSR count). The quantitative estimate of drug-likeness (QED) is 0.896. The van der Waals surface area contributed by atoms with E-state index in [1.165, 1.54) is 11.1 Å². The number of nitrogens with one attached hydrogen (secondary N) is 1. The van der Waals surface area contributed by atoms with Crippen molar-refractivity contribution >= 4 is 5.91 Å². The van der Waals surface area contributed by atoms with Gasteiger partial charge in [0.15, 0.2) is 0 Å². The van der Waals surface area contributed by atoms with Crippen LogP contribution in [0.4, 0.5) is 0 Å². The molecule has 2 atom stereocenters. The monoisotopic (exact) mass is 275 g/mol. The van der Waals surface area contributed by atoms with Crippen molar-refractivity contribution in [3.8, 4) is 0 Å². The molecule has 1 N–H and O–H groups in total. The maximum absolute atomic E-state index is 12.2. The molecule has 3 nitrogen and oxygen atoms in total. The number of hydrogen-bond acceptors (Lipinski definition) is 2. The maximum Gasteiger partial charge on any atom is 0.249 e. The van der Waals surface area contributed by atoms with Crippen LogP contribution in [0.5, 0.6) is 0 Å². The van der Waals surface area contributed by atoms with E-state index in [1.807, 2.05) is 0 Å². The van der Waals surface area contributed by atoms with E-state index in [0.29, 0.717) is 12.5 Å². The summed E-state index contributed by atoms with van der Waals surface area (Å²) in [5.74, 6) is 0.383. The van der Waals surface area contributed by atoms with Crippen LogP contribution in [0.25, 0.3) is 0 Å². The van der Waals surface area contributed by atoms with Gasteiger partial charge in [-0.25, -0.2) is 0 Å². The van der Waals surface area contributed by atoms with E-state index >= 15 is 0 Å². The topological polar surface area (TPSA) is 38.3 Å². The van der Waals surface area contributed by atoms with Crippen molar-refractivity contribution in [1.29, 1.82) is 0 Å². The van der Waals surface area contributed by atoms with Crippen molar-refractivity contribution in [2.45, 2.75) is 52.2 Å². The Kier molecular flexibility index (Phi) is 5.18. The number of benzene rings is 1. The van der Waals surface area contributed by atoms with Gasteiger partial charge in [0, 0.05) is 6.61 Å². The van der Waals surface area contributed by atoms with Crippen LogP contribution >= 0.6 is 0 Å². The van der Waals surface area contributed by atoms with Crippen molar-refractivity contribution in [3.05, 3.63) is 35.4 Å². The van der Waals surface area contributed by atoms with Gasteiger partial charge in [0.1, 0.15) is 6.10 Å². The van der Waals surface area contributed by atoms with Crippen molar-refractivity contribution in [3.63, 3.8) is 0 Å². The average molecular weight is 275 g/mol. The molecule has 1 heterocycles. The third kappa shape index (κ3) is 3.60. The summed E-state index contributed by atoms with van der Waals surface area (Å²) in [4.78, 5) is 12.2. The maximum atomic E-state index is 12.2. The fraction of sp³-hybridized carbons (Fsp3) is 0.588. The van der Waals surface area contributed by atoms with Gasteiger partial charge < -0.3 is 10.1 Å². The highest BCUT2D eigenvalue weighted by molar-refractivity contribution is 5.81. The van der Waals surface area contributed by atoms with E-state index < -0.39 is 0 Å². The molecule has 0 bridgehead atoms. The molecule has 3 heteroatoms. The predicted octanol–water partition coefficient (Wildman–Crippen LogP) is 3.24. The second-order valence-electron chi connectivity index (χ2n) is 5.83. The summed E-state index contributed by atoms with van der Waals surface area (Å²) in [7, 11) is 0. The van der Waals surface area contributed by atoms with Crippen molar-refractivity contribution in [2.75, 3.05) is 6.61 Å². The summed E-state index contributed by atoms with van der Waals surface area (Å²) in [6, 6.07) is 8.59. The van der Waals surface area contributed by atoms with Crippen molar-refractivity contribution < 1.29 is 9.53 Å². The highest BCUT2D eigenvalue weighted by Gasteiger charge is 2.27. The third-order valence-corrected chi connectivity index (χ3v) is 3.93. The standard InChI is InChI=1S/C17H25NO2/c1-4-13-7-9-14(10-8-13)16(12(2)3)18-17(19)15-6-5-11-20-15/h7-10,12,15-16H,4-6,11H2,1-3H3,(H,18,19). The molecule has 20 heavy (non-hydrogen) atoms. The molecule has 1 saturated heterocycles. The molecule has 0 aromatic heterocycles. The fourth-order valence-electron chi connectivity index (χ4n) is 2.63. The minimum atomic E-state index is -0.258. The zero-order chi connectivity index (χ0) is 14.5. The Labute approximate surface area is 121 Å². The number of aryl methyl sites for hydroxylation is 1. The number of hydrogen-bond donors (Lipinski definition) is 1. The first-order valence-corrected chi connectivity index (χ1v) is 7.62. The van der Waals surface area contributed by atoms with Gasteiger partial charge in [0.25, 0.3) is 0 Å². The Balaban J connectivity index is 2.07. The first-order valence-electron chi connectivity index (χ1n) is 7.62. The van der Waals surface area contributed by atoms with Gasteiger partial charge in [0.05, 0.1) is 6.04 Å². The molecule has 1 aromatic rings. The van der Waals surface area contributed by atoms with Crippen LogP contribution in [0.15, 0.2) is 24.3 Å². The van der Waals surface area contributed by atoms with E-state index in [9.17, 15) is 4.79 Å². The van der Waals surface area contributed by atoms with Gasteiger partial charge in [-0.3, -0.25) is 4.79 Å². The molecule has 1 aliphatic heterocycles. The summed E-state index contributed by atoms with van der Waals surface area (Å²) in [6.07, 6.45) is 2.60. The normalized spacial score (nSPS) is 20.1. The lowest BCUT2D eigenvalue weighted by molar-refractivity contribution is -0.131. The van der Waals surface area contributed by atoms with E-state index in [4.69, 9.17) is 4.74 Å². The molecule has 0 saturated carbocycles. The van der Waals surface area contributed by atoms with Crippen LogP contribution in [0, 0.1) is 5.92 Å². The molecule has 1 aliphatic rings. The van der Waals surface area contributed by atoms with Crippen LogP contribution in [-0.2, 0) is 16.0 Å².